The van der Waals surface area contributed by atoms with Gasteiger partial charge in [0, 0.05) is 58.0 Å². The molecule has 2 bridgehead atoms. The lowest BCUT2D eigenvalue weighted by Gasteiger charge is -2.55. The minimum atomic E-state index is -0.499. The molecule has 7 nitrogen and oxygen atoms in total. The fourth-order valence-electron chi connectivity index (χ4n) is 5.16. The molecular formula is C20H27N5O2. The molecule has 2 aliphatic rings. The van der Waals surface area contributed by atoms with Crippen LogP contribution in [0.15, 0.2) is 30.9 Å². The van der Waals surface area contributed by atoms with Crippen molar-refractivity contribution in [1.29, 1.82) is 0 Å². The molecule has 0 radical (unpaired) electrons. The van der Waals surface area contributed by atoms with Gasteiger partial charge in [-0.1, -0.05) is 6.42 Å². The molecule has 27 heavy (non-hydrogen) atoms. The summed E-state index contributed by atoms with van der Waals surface area (Å²) in [4.78, 5) is 22.7. The second-order valence-electron chi connectivity index (χ2n) is 7.84. The Morgan fingerprint density at radius 2 is 2.07 bits per heavy atom. The van der Waals surface area contributed by atoms with Crippen LogP contribution >= 0.6 is 0 Å². The number of rotatable bonds is 5. The van der Waals surface area contributed by atoms with E-state index in [4.69, 9.17) is 10.5 Å². The number of methoxy groups -OCH3 is 1. The maximum atomic E-state index is 11.6. The van der Waals surface area contributed by atoms with Gasteiger partial charge in [-0.3, -0.25) is 14.7 Å². The van der Waals surface area contributed by atoms with Crippen LogP contribution in [-0.4, -0.2) is 45.5 Å². The van der Waals surface area contributed by atoms with Gasteiger partial charge in [0.15, 0.2) is 0 Å². The number of nitrogens with two attached hydrogens (primary N) is 1. The van der Waals surface area contributed by atoms with E-state index in [1.807, 2.05) is 30.1 Å². The van der Waals surface area contributed by atoms with Crippen LogP contribution in [0.2, 0.25) is 0 Å². The Labute approximate surface area is 159 Å². The summed E-state index contributed by atoms with van der Waals surface area (Å²) in [6.07, 6.45) is 9.03. The van der Waals surface area contributed by atoms with E-state index in [2.05, 4.69) is 21.1 Å². The average Bonchev–Trinajstić information content (AvgIpc) is 3.06. The van der Waals surface area contributed by atoms with E-state index in [-0.39, 0.29) is 5.60 Å². The maximum absolute atomic E-state index is 11.6. The minimum absolute atomic E-state index is 0.304. The lowest BCUT2D eigenvalue weighted by atomic mass is 9.62. The number of ether oxygens (including phenoxy) is 1. The molecule has 1 saturated carbocycles. The number of pyridine rings is 1. The number of hydrogen-bond acceptors (Lipinski definition) is 5. The first kappa shape index (κ1) is 18.1. The molecular weight excluding hydrogens is 342 g/mol. The van der Waals surface area contributed by atoms with E-state index in [1.54, 1.807) is 13.3 Å². The molecule has 1 amide bonds. The summed E-state index contributed by atoms with van der Waals surface area (Å²) in [5.74, 6) is 0.226. The Morgan fingerprint density at radius 3 is 2.67 bits per heavy atom. The van der Waals surface area contributed by atoms with E-state index >= 15 is 0 Å². The smallest absolute Gasteiger partial charge is 0.267 e. The Hall–Kier alpha value is -2.25. The van der Waals surface area contributed by atoms with Crippen molar-refractivity contribution in [3.8, 4) is 0 Å². The summed E-state index contributed by atoms with van der Waals surface area (Å²) in [7, 11) is 3.79. The quantitative estimate of drug-likeness (QED) is 0.867. The number of imidazole rings is 1. The number of fused-ring (bicyclic) bond motifs is 2. The Bertz CT molecular complexity index is 819. The number of hydrogen-bond donors (Lipinski definition) is 1. The van der Waals surface area contributed by atoms with Crippen LogP contribution < -0.4 is 5.73 Å². The number of piperidine rings is 1. The fourth-order valence-corrected chi connectivity index (χ4v) is 5.16. The summed E-state index contributed by atoms with van der Waals surface area (Å²) in [6, 6.07) is 3.81. The van der Waals surface area contributed by atoms with Crippen molar-refractivity contribution >= 4 is 5.91 Å². The third kappa shape index (κ3) is 3.15. The lowest BCUT2D eigenvalue weighted by Crippen LogP contribution is -2.58. The van der Waals surface area contributed by atoms with Crippen LogP contribution in [0.3, 0.4) is 0 Å². The second-order valence-corrected chi connectivity index (χ2v) is 7.84. The van der Waals surface area contributed by atoms with Crippen molar-refractivity contribution in [3.05, 3.63) is 47.8 Å². The van der Waals surface area contributed by atoms with Gasteiger partial charge in [0.25, 0.3) is 5.91 Å². The van der Waals surface area contributed by atoms with E-state index in [0.29, 0.717) is 17.5 Å². The molecule has 1 saturated heterocycles. The zero-order chi connectivity index (χ0) is 19.0. The maximum Gasteiger partial charge on any atom is 0.267 e. The first-order valence-electron chi connectivity index (χ1n) is 9.53. The summed E-state index contributed by atoms with van der Waals surface area (Å²) in [6.45, 7) is 2.76. The molecule has 2 aromatic heterocycles. The average molecular weight is 369 g/mol. The van der Waals surface area contributed by atoms with Crippen molar-refractivity contribution in [1.82, 2.24) is 19.4 Å². The number of primary amides is 1. The van der Waals surface area contributed by atoms with Gasteiger partial charge in [0.1, 0.15) is 11.3 Å². The van der Waals surface area contributed by atoms with E-state index in [9.17, 15) is 4.79 Å². The third-order valence-corrected chi connectivity index (χ3v) is 6.22. The van der Waals surface area contributed by atoms with Crippen LogP contribution in [0.4, 0.5) is 0 Å². The molecule has 3 heterocycles. The largest absolute Gasteiger partial charge is 0.373 e. The molecule has 2 N–H and O–H groups in total. The zero-order valence-corrected chi connectivity index (χ0v) is 16.0. The molecule has 144 valence electrons. The number of amides is 1. The number of carbonyl (C=O) groups is 1. The highest BCUT2D eigenvalue weighted by molar-refractivity contribution is 5.90. The van der Waals surface area contributed by atoms with Crippen molar-refractivity contribution < 1.29 is 9.53 Å². The topological polar surface area (TPSA) is 86.3 Å². The number of carbonyl (C=O) groups excluding carboxylic acids is 1. The molecule has 0 aromatic carbocycles. The second kappa shape index (κ2) is 7.05. The SMILES string of the molecule is COC1(c2ccnc(C(N)=O)c2)[C@@H]2CCC[C@H]1CN(Cc1cn(C)cn1)C2. The number of aryl methyl sites for hydroxylation is 1. The van der Waals surface area contributed by atoms with E-state index < -0.39 is 5.91 Å². The Kier molecular flexibility index (Phi) is 4.74. The molecule has 7 heteroatoms. The van der Waals surface area contributed by atoms with Crippen LogP contribution in [0.1, 0.15) is 41.0 Å². The normalized spacial score (nSPS) is 28.2. The third-order valence-electron chi connectivity index (χ3n) is 6.22. The van der Waals surface area contributed by atoms with E-state index in [1.165, 1.54) is 6.42 Å². The molecule has 3 atom stereocenters. The summed E-state index contributed by atoms with van der Waals surface area (Å²) in [5.41, 5.74) is 7.51. The Morgan fingerprint density at radius 1 is 1.33 bits per heavy atom. The minimum Gasteiger partial charge on any atom is -0.373 e. The Balaban J connectivity index is 1.64. The van der Waals surface area contributed by atoms with Crippen molar-refractivity contribution in [2.24, 2.45) is 24.6 Å². The van der Waals surface area contributed by atoms with Gasteiger partial charge < -0.3 is 15.0 Å². The van der Waals surface area contributed by atoms with Crippen LogP contribution in [0, 0.1) is 11.8 Å². The summed E-state index contributed by atoms with van der Waals surface area (Å²) in [5, 5.41) is 0. The predicted octanol–water partition coefficient (Wildman–Crippen LogP) is 1.69. The number of aromatic nitrogens is 3. The molecule has 1 unspecified atom stereocenters. The molecule has 4 rings (SSSR count). The zero-order valence-electron chi connectivity index (χ0n) is 16.0. The van der Waals surface area contributed by atoms with Gasteiger partial charge in [0.2, 0.25) is 0 Å². The monoisotopic (exact) mass is 369 g/mol. The van der Waals surface area contributed by atoms with E-state index in [0.717, 1.165) is 43.7 Å². The molecule has 2 fully saturated rings. The predicted molar refractivity (Wildman–Crippen MR) is 101 cm³/mol. The van der Waals surface area contributed by atoms with Gasteiger partial charge in [-0.05, 0) is 30.5 Å². The highest BCUT2D eigenvalue weighted by atomic mass is 16.5. The van der Waals surface area contributed by atoms with Crippen LogP contribution in [0.25, 0.3) is 0 Å². The summed E-state index contributed by atoms with van der Waals surface area (Å²) < 4.78 is 8.23. The van der Waals surface area contributed by atoms with Crippen molar-refractivity contribution in [3.63, 3.8) is 0 Å². The lowest BCUT2D eigenvalue weighted by molar-refractivity contribution is -0.170. The first-order valence-corrected chi connectivity index (χ1v) is 9.53. The van der Waals surface area contributed by atoms with Gasteiger partial charge >= 0.3 is 0 Å². The molecule has 1 aliphatic heterocycles. The van der Waals surface area contributed by atoms with Crippen LogP contribution in [0.5, 0.6) is 0 Å². The van der Waals surface area contributed by atoms with Gasteiger partial charge in [-0.25, -0.2) is 4.98 Å². The number of likely N-dealkylation sites (tertiary alicyclic amines) is 1. The van der Waals surface area contributed by atoms with Crippen molar-refractivity contribution in [2.75, 3.05) is 20.2 Å². The highest BCUT2D eigenvalue weighted by Crippen LogP contribution is 2.51. The molecule has 0 spiro atoms. The molecule has 1 aliphatic carbocycles. The first-order chi connectivity index (χ1) is 13.0. The van der Waals surface area contributed by atoms with Gasteiger partial charge in [-0.15, -0.1) is 0 Å². The fraction of sp³-hybridized carbons (Fsp3) is 0.550. The van der Waals surface area contributed by atoms with Gasteiger partial charge in [0.05, 0.1) is 12.0 Å². The summed E-state index contributed by atoms with van der Waals surface area (Å²) >= 11 is 0. The van der Waals surface area contributed by atoms with Gasteiger partial charge in [-0.2, -0.15) is 0 Å². The number of nitrogens with zero attached hydrogens (tertiary/aromatic N) is 4. The van der Waals surface area contributed by atoms with Crippen molar-refractivity contribution in [2.45, 2.75) is 31.4 Å². The van der Waals surface area contributed by atoms with Crippen LogP contribution in [-0.2, 0) is 23.9 Å². The molecule has 2 aromatic rings. The standard InChI is InChI=1S/C20H27N5O2/c1-24-11-17(23-13-24)12-25-9-15-4-3-5-16(10-25)20(15,27-2)14-6-7-22-18(8-14)19(21)26/h6-8,11,13,15-16H,3-5,9-10,12H2,1-2H3,(H2,21,26)/t15-,16+,20?. The highest BCUT2D eigenvalue weighted by Gasteiger charge is 2.53.